The molecule has 0 aromatic heterocycles. The van der Waals surface area contributed by atoms with Crippen molar-refractivity contribution in [3.05, 3.63) is 108 Å². The van der Waals surface area contributed by atoms with Crippen molar-refractivity contribution in [3.63, 3.8) is 0 Å². The van der Waals surface area contributed by atoms with Crippen LogP contribution in [0.1, 0.15) is 16.7 Å². The van der Waals surface area contributed by atoms with Gasteiger partial charge in [0.1, 0.15) is 11.5 Å². The summed E-state index contributed by atoms with van der Waals surface area (Å²) in [5.41, 5.74) is 2.08. The van der Waals surface area contributed by atoms with E-state index in [9.17, 15) is 4.79 Å². The topological polar surface area (TPSA) is 29.6 Å². The summed E-state index contributed by atoms with van der Waals surface area (Å²) in [6, 6.07) is 30.0. The summed E-state index contributed by atoms with van der Waals surface area (Å²) in [6.07, 6.45) is -0.328. The van der Waals surface area contributed by atoms with E-state index in [0.29, 0.717) is 6.61 Å². The van der Waals surface area contributed by atoms with Crippen molar-refractivity contribution in [3.8, 4) is 0 Å². The van der Waals surface area contributed by atoms with Gasteiger partial charge >= 0.3 is 0 Å². The predicted octanol–water partition coefficient (Wildman–Crippen LogP) is 3.99. The molecule has 1 saturated heterocycles. The molecule has 2 nitrogen and oxygen atoms in total. The van der Waals surface area contributed by atoms with Crippen LogP contribution >= 0.6 is 0 Å². The molecule has 2 heteroatoms. The predicted molar refractivity (Wildman–Crippen MR) is 94.0 cm³/mol. The van der Waals surface area contributed by atoms with Crippen LogP contribution in [0.2, 0.25) is 0 Å². The summed E-state index contributed by atoms with van der Waals surface area (Å²) in [7, 11) is 0. The molecular weight excluding hydrogens is 296 g/mol. The maximum Gasteiger partial charge on any atom is 0.183 e. The number of epoxide rings is 1. The third kappa shape index (κ3) is 2.36. The second-order valence-corrected chi connectivity index (χ2v) is 6.03. The van der Waals surface area contributed by atoms with Crippen LogP contribution in [0.5, 0.6) is 0 Å². The van der Waals surface area contributed by atoms with E-state index in [4.69, 9.17) is 4.74 Å². The highest BCUT2D eigenvalue weighted by atomic mass is 16.6. The van der Waals surface area contributed by atoms with Crippen LogP contribution in [-0.4, -0.2) is 18.5 Å². The summed E-state index contributed by atoms with van der Waals surface area (Å²) < 4.78 is 5.39. The van der Waals surface area contributed by atoms with Gasteiger partial charge in [-0.15, -0.1) is 0 Å². The average Bonchev–Trinajstić information content (AvgIpc) is 3.50. The fourth-order valence-corrected chi connectivity index (χ4v) is 3.43. The molecule has 0 saturated carbocycles. The molecule has 1 unspecified atom stereocenters. The zero-order valence-corrected chi connectivity index (χ0v) is 13.3. The molecule has 0 spiro atoms. The first-order valence-electron chi connectivity index (χ1n) is 8.16. The van der Waals surface area contributed by atoms with Gasteiger partial charge in [-0.05, 0) is 16.7 Å². The monoisotopic (exact) mass is 314 g/mol. The molecule has 1 aliphatic heterocycles. The maximum atomic E-state index is 13.5. The first-order valence-corrected chi connectivity index (χ1v) is 8.16. The molecule has 3 aromatic rings. The first-order chi connectivity index (χ1) is 11.8. The lowest BCUT2D eigenvalue weighted by Crippen LogP contribution is -2.41. The van der Waals surface area contributed by atoms with Crippen LogP contribution in [-0.2, 0) is 14.9 Å². The largest absolute Gasteiger partial charge is 0.365 e. The Morgan fingerprint density at radius 3 is 1.33 bits per heavy atom. The number of hydrogen-bond donors (Lipinski definition) is 0. The zero-order valence-electron chi connectivity index (χ0n) is 13.3. The second-order valence-electron chi connectivity index (χ2n) is 6.03. The molecule has 0 amide bonds. The van der Waals surface area contributed by atoms with E-state index in [-0.39, 0.29) is 11.9 Å². The second kappa shape index (κ2) is 6.06. The number of benzene rings is 3. The Kier molecular flexibility index (Phi) is 3.75. The summed E-state index contributed by atoms with van der Waals surface area (Å²) in [6.45, 7) is 0.507. The van der Waals surface area contributed by atoms with Gasteiger partial charge in [-0.3, -0.25) is 4.79 Å². The van der Waals surface area contributed by atoms with Crippen molar-refractivity contribution >= 4 is 5.78 Å². The summed E-state index contributed by atoms with van der Waals surface area (Å²) in [4.78, 5) is 13.5. The Morgan fingerprint density at radius 2 is 1.04 bits per heavy atom. The van der Waals surface area contributed by atoms with E-state index in [2.05, 4.69) is 0 Å². The van der Waals surface area contributed by atoms with Crippen molar-refractivity contribution in [2.75, 3.05) is 6.61 Å². The molecule has 0 radical (unpaired) electrons. The quantitative estimate of drug-likeness (QED) is 0.526. The lowest BCUT2D eigenvalue weighted by molar-refractivity contribution is -0.123. The standard InChI is InChI=1S/C22H18O2/c23-21(20-16-24-20)22(17-10-4-1-5-11-17,18-12-6-2-7-13-18)19-14-8-3-9-15-19/h1-15,20H,16H2. The number of ether oxygens (including phenoxy) is 1. The molecule has 24 heavy (non-hydrogen) atoms. The Bertz CT molecular complexity index is 725. The molecule has 4 rings (SSSR count). The number of carbonyl (C=O) groups is 1. The molecule has 118 valence electrons. The van der Waals surface area contributed by atoms with Crippen LogP contribution < -0.4 is 0 Å². The third-order valence-corrected chi connectivity index (χ3v) is 4.62. The summed E-state index contributed by atoms with van der Waals surface area (Å²) in [5, 5.41) is 0. The van der Waals surface area contributed by atoms with Crippen LogP contribution in [0.3, 0.4) is 0 Å². The van der Waals surface area contributed by atoms with Gasteiger partial charge in [-0.25, -0.2) is 0 Å². The minimum atomic E-state index is -0.842. The smallest absolute Gasteiger partial charge is 0.183 e. The summed E-state index contributed by atoms with van der Waals surface area (Å²) >= 11 is 0. The zero-order chi connectivity index (χ0) is 16.4. The van der Waals surface area contributed by atoms with Crippen LogP contribution in [0.15, 0.2) is 91.0 Å². The molecule has 0 aliphatic carbocycles. The number of ketones is 1. The molecule has 1 heterocycles. The van der Waals surface area contributed by atoms with Crippen molar-refractivity contribution in [2.45, 2.75) is 11.5 Å². The lowest BCUT2D eigenvalue weighted by atomic mass is 9.66. The number of rotatable bonds is 5. The van der Waals surface area contributed by atoms with E-state index in [1.165, 1.54) is 0 Å². The van der Waals surface area contributed by atoms with Gasteiger partial charge in [0.05, 0.1) is 6.61 Å². The van der Waals surface area contributed by atoms with Crippen LogP contribution in [0.4, 0.5) is 0 Å². The van der Waals surface area contributed by atoms with Crippen molar-refractivity contribution in [2.24, 2.45) is 0 Å². The molecular formula is C22H18O2. The van der Waals surface area contributed by atoms with Gasteiger partial charge in [0.15, 0.2) is 5.78 Å². The van der Waals surface area contributed by atoms with Gasteiger partial charge in [-0.2, -0.15) is 0 Å². The Balaban J connectivity index is 2.05. The minimum Gasteiger partial charge on any atom is -0.365 e. The Hall–Kier alpha value is -2.71. The Labute approximate surface area is 141 Å². The maximum absolute atomic E-state index is 13.5. The van der Waals surface area contributed by atoms with Crippen molar-refractivity contribution in [1.82, 2.24) is 0 Å². The van der Waals surface area contributed by atoms with E-state index in [0.717, 1.165) is 16.7 Å². The van der Waals surface area contributed by atoms with E-state index in [1.54, 1.807) is 0 Å². The highest BCUT2D eigenvalue weighted by Crippen LogP contribution is 2.42. The van der Waals surface area contributed by atoms with Gasteiger partial charge in [0, 0.05) is 0 Å². The molecule has 3 aromatic carbocycles. The highest BCUT2D eigenvalue weighted by molar-refractivity contribution is 6.01. The van der Waals surface area contributed by atoms with Crippen molar-refractivity contribution in [1.29, 1.82) is 0 Å². The van der Waals surface area contributed by atoms with E-state index < -0.39 is 5.41 Å². The fourth-order valence-electron chi connectivity index (χ4n) is 3.43. The van der Waals surface area contributed by atoms with E-state index >= 15 is 0 Å². The van der Waals surface area contributed by atoms with Crippen LogP contribution in [0, 0.1) is 0 Å². The molecule has 0 bridgehead atoms. The number of hydrogen-bond acceptors (Lipinski definition) is 2. The highest BCUT2D eigenvalue weighted by Gasteiger charge is 2.50. The summed E-state index contributed by atoms with van der Waals surface area (Å²) in [5.74, 6) is 0.103. The van der Waals surface area contributed by atoms with Crippen LogP contribution in [0.25, 0.3) is 0 Å². The van der Waals surface area contributed by atoms with Gasteiger partial charge < -0.3 is 4.74 Å². The molecule has 1 atom stereocenters. The molecule has 0 N–H and O–H groups in total. The minimum absolute atomic E-state index is 0.103. The Morgan fingerprint density at radius 1 is 0.708 bits per heavy atom. The fraction of sp³-hybridized carbons (Fsp3) is 0.136. The SMILES string of the molecule is O=C(C1CO1)C(c1ccccc1)(c1ccccc1)c1ccccc1. The number of Topliss-reactive ketones (excluding diaryl/α,β-unsaturated/α-hetero) is 1. The van der Waals surface area contributed by atoms with Gasteiger partial charge in [0.2, 0.25) is 0 Å². The molecule has 1 aliphatic rings. The van der Waals surface area contributed by atoms with Crippen molar-refractivity contribution < 1.29 is 9.53 Å². The van der Waals surface area contributed by atoms with Gasteiger partial charge in [0.25, 0.3) is 0 Å². The average molecular weight is 314 g/mol. The first kappa shape index (κ1) is 14.9. The van der Waals surface area contributed by atoms with Gasteiger partial charge in [-0.1, -0.05) is 91.0 Å². The lowest BCUT2D eigenvalue weighted by Gasteiger charge is -2.34. The molecule has 1 fully saturated rings. The van der Waals surface area contributed by atoms with E-state index in [1.807, 2.05) is 91.0 Å². The third-order valence-electron chi connectivity index (χ3n) is 4.62. The number of carbonyl (C=O) groups excluding carboxylic acids is 1. The normalized spacial score (nSPS) is 16.6.